The topological polar surface area (TPSA) is 32.6 Å². The van der Waals surface area contributed by atoms with Gasteiger partial charge in [-0.05, 0) is 40.8 Å². The summed E-state index contributed by atoms with van der Waals surface area (Å²) in [6.07, 6.45) is 2.04. The van der Waals surface area contributed by atoms with Crippen LogP contribution in [-0.4, -0.2) is 10.9 Å². The molecule has 3 heteroatoms. The molecule has 1 aliphatic rings. The zero-order valence-corrected chi connectivity index (χ0v) is 13.5. The molecule has 0 spiro atoms. The zero-order chi connectivity index (χ0) is 15.1. The fraction of sp³-hybridized carbons (Fsp3) is 0.105. The Labute approximate surface area is 137 Å². The molecule has 0 heterocycles. The Kier molecular flexibility index (Phi) is 3.23. The van der Waals surface area contributed by atoms with Gasteiger partial charge in [-0.2, -0.15) is 0 Å². The summed E-state index contributed by atoms with van der Waals surface area (Å²) < 4.78 is 1.11. The van der Waals surface area contributed by atoms with Crippen LogP contribution in [0, 0.1) is 0 Å². The van der Waals surface area contributed by atoms with Crippen LogP contribution in [0.3, 0.4) is 0 Å². The predicted molar refractivity (Wildman–Crippen MR) is 92.9 cm³/mol. The van der Waals surface area contributed by atoms with E-state index in [2.05, 4.69) is 45.4 Å². The van der Waals surface area contributed by atoms with Crippen LogP contribution in [0.2, 0.25) is 0 Å². The van der Waals surface area contributed by atoms with Crippen LogP contribution >= 0.6 is 15.9 Å². The van der Waals surface area contributed by atoms with Crippen molar-refractivity contribution < 1.29 is 5.21 Å². The number of benzene rings is 3. The van der Waals surface area contributed by atoms with Gasteiger partial charge < -0.3 is 5.21 Å². The molecule has 3 aromatic rings. The van der Waals surface area contributed by atoms with Crippen molar-refractivity contribution in [1.82, 2.24) is 0 Å². The number of oxime groups is 1. The van der Waals surface area contributed by atoms with Crippen molar-refractivity contribution >= 4 is 32.4 Å². The van der Waals surface area contributed by atoms with Gasteiger partial charge in [-0.25, -0.2) is 0 Å². The second-order valence-electron chi connectivity index (χ2n) is 5.54. The maximum atomic E-state index is 9.58. The van der Waals surface area contributed by atoms with E-state index >= 15 is 0 Å². The normalized spacial score (nSPS) is 13.8. The summed E-state index contributed by atoms with van der Waals surface area (Å²) in [5.41, 5.74) is 5.26. The number of rotatable bonds is 2. The second-order valence-corrected chi connectivity index (χ2v) is 6.39. The van der Waals surface area contributed by atoms with Crippen LogP contribution in [0.5, 0.6) is 0 Å². The molecule has 1 aliphatic carbocycles. The molecule has 0 amide bonds. The minimum Gasteiger partial charge on any atom is -0.410 e. The van der Waals surface area contributed by atoms with Crippen molar-refractivity contribution in [2.24, 2.45) is 5.16 Å². The van der Waals surface area contributed by atoms with Gasteiger partial charge in [0, 0.05) is 15.6 Å². The molecule has 0 fully saturated rings. The average molecular weight is 352 g/mol. The third kappa shape index (κ3) is 1.97. The first-order valence-corrected chi connectivity index (χ1v) is 8.09. The van der Waals surface area contributed by atoms with Crippen molar-refractivity contribution in [3.63, 3.8) is 0 Å². The highest BCUT2D eigenvalue weighted by Gasteiger charge is 2.22. The van der Waals surface area contributed by atoms with Gasteiger partial charge in [0.25, 0.3) is 0 Å². The Balaban J connectivity index is 1.99. The first kappa shape index (κ1) is 13.5. The van der Waals surface area contributed by atoms with Gasteiger partial charge in [-0.3, -0.25) is 0 Å². The largest absolute Gasteiger partial charge is 0.410 e. The molecule has 0 bridgehead atoms. The lowest BCUT2D eigenvalue weighted by molar-refractivity contribution is 0.319. The third-order valence-electron chi connectivity index (χ3n) is 4.37. The van der Waals surface area contributed by atoms with E-state index in [1.165, 1.54) is 21.9 Å². The van der Waals surface area contributed by atoms with Crippen LogP contribution in [0.15, 0.2) is 64.2 Å². The van der Waals surface area contributed by atoms with E-state index in [4.69, 9.17) is 0 Å². The van der Waals surface area contributed by atoms with Crippen molar-refractivity contribution in [2.45, 2.75) is 12.8 Å². The molecule has 0 aromatic heterocycles. The summed E-state index contributed by atoms with van der Waals surface area (Å²) in [6.45, 7) is 0. The first-order valence-electron chi connectivity index (χ1n) is 7.30. The molecule has 2 nitrogen and oxygen atoms in total. The lowest BCUT2D eigenvalue weighted by Gasteiger charge is -2.12. The van der Waals surface area contributed by atoms with Gasteiger partial charge in [-0.1, -0.05) is 69.6 Å². The third-order valence-corrected chi connectivity index (χ3v) is 5.06. The molecule has 22 heavy (non-hydrogen) atoms. The highest BCUT2D eigenvalue weighted by atomic mass is 79.9. The Morgan fingerprint density at radius 1 is 0.955 bits per heavy atom. The van der Waals surface area contributed by atoms with Crippen molar-refractivity contribution in [3.05, 3.63) is 81.3 Å². The van der Waals surface area contributed by atoms with E-state index < -0.39 is 0 Å². The Morgan fingerprint density at radius 2 is 1.77 bits per heavy atom. The summed E-state index contributed by atoms with van der Waals surface area (Å²) >= 11 is 3.64. The van der Waals surface area contributed by atoms with E-state index in [9.17, 15) is 5.21 Å². The molecule has 0 saturated carbocycles. The monoisotopic (exact) mass is 351 g/mol. The molecule has 0 atom stereocenters. The van der Waals surface area contributed by atoms with E-state index in [1.54, 1.807) is 0 Å². The number of hydrogen-bond donors (Lipinski definition) is 1. The standard InChI is InChI=1S/C19H14BrNO/c20-17-11-7-12-6-8-14-15(9-10-16(17)18(12)14)19(21-22)13-4-2-1-3-5-13/h1-5,7,9-11,22H,6,8H2/b21-19-. The maximum Gasteiger partial charge on any atom is 0.117 e. The minimum absolute atomic E-state index is 0.644. The van der Waals surface area contributed by atoms with Gasteiger partial charge >= 0.3 is 0 Å². The van der Waals surface area contributed by atoms with Crippen LogP contribution in [-0.2, 0) is 12.8 Å². The molecule has 4 rings (SSSR count). The molecule has 0 saturated heterocycles. The summed E-state index contributed by atoms with van der Waals surface area (Å²) in [4.78, 5) is 0. The number of aryl methyl sites for hydroxylation is 2. The van der Waals surface area contributed by atoms with Gasteiger partial charge in [0.05, 0.1) is 0 Å². The molecule has 1 N–H and O–H groups in total. The van der Waals surface area contributed by atoms with Crippen LogP contribution in [0.4, 0.5) is 0 Å². The Bertz CT molecular complexity index is 900. The molecule has 0 radical (unpaired) electrons. The Morgan fingerprint density at radius 3 is 2.55 bits per heavy atom. The molecule has 0 aliphatic heterocycles. The fourth-order valence-electron chi connectivity index (χ4n) is 3.37. The van der Waals surface area contributed by atoms with E-state index in [1.807, 2.05) is 30.3 Å². The van der Waals surface area contributed by atoms with Crippen LogP contribution in [0.1, 0.15) is 22.3 Å². The summed E-state index contributed by atoms with van der Waals surface area (Å²) in [6, 6.07) is 18.3. The maximum absolute atomic E-state index is 9.58. The van der Waals surface area contributed by atoms with Gasteiger partial charge in [0.1, 0.15) is 5.71 Å². The van der Waals surface area contributed by atoms with Crippen molar-refractivity contribution in [1.29, 1.82) is 0 Å². The van der Waals surface area contributed by atoms with Crippen molar-refractivity contribution in [3.8, 4) is 0 Å². The fourth-order valence-corrected chi connectivity index (χ4v) is 3.84. The quantitative estimate of drug-likeness (QED) is 0.396. The summed E-state index contributed by atoms with van der Waals surface area (Å²) in [5, 5.41) is 15.7. The van der Waals surface area contributed by atoms with Crippen LogP contribution < -0.4 is 0 Å². The second kappa shape index (κ2) is 5.25. The number of halogens is 1. The van der Waals surface area contributed by atoms with Gasteiger partial charge in [0.2, 0.25) is 0 Å². The highest BCUT2D eigenvalue weighted by molar-refractivity contribution is 9.10. The molecular weight excluding hydrogens is 338 g/mol. The molecule has 108 valence electrons. The summed E-state index contributed by atoms with van der Waals surface area (Å²) in [5.74, 6) is 0. The van der Waals surface area contributed by atoms with Crippen LogP contribution in [0.25, 0.3) is 10.8 Å². The summed E-state index contributed by atoms with van der Waals surface area (Å²) in [7, 11) is 0. The Hall–Kier alpha value is -2.13. The lowest BCUT2D eigenvalue weighted by atomic mass is 9.94. The predicted octanol–water partition coefficient (Wildman–Crippen LogP) is 4.93. The van der Waals surface area contributed by atoms with E-state index in [-0.39, 0.29) is 0 Å². The zero-order valence-electron chi connectivity index (χ0n) is 11.9. The lowest BCUT2D eigenvalue weighted by Crippen LogP contribution is -2.06. The van der Waals surface area contributed by atoms with E-state index in [0.29, 0.717) is 5.71 Å². The number of hydrogen-bond acceptors (Lipinski definition) is 2. The minimum atomic E-state index is 0.644. The average Bonchev–Trinajstić information content (AvgIpc) is 2.99. The van der Waals surface area contributed by atoms with E-state index in [0.717, 1.165) is 28.4 Å². The molecule has 0 unspecified atom stereocenters. The first-order chi connectivity index (χ1) is 10.8. The number of nitrogens with zero attached hydrogens (tertiary/aromatic N) is 1. The van der Waals surface area contributed by atoms with Gasteiger partial charge in [0.15, 0.2) is 0 Å². The molecule has 3 aromatic carbocycles. The highest BCUT2D eigenvalue weighted by Crippen LogP contribution is 2.37. The smallest absolute Gasteiger partial charge is 0.117 e. The van der Waals surface area contributed by atoms with Crippen molar-refractivity contribution in [2.75, 3.05) is 0 Å². The SMILES string of the molecule is O/N=C(/c1ccccc1)c1ccc2c(Br)ccc3c2c1CC3. The van der Waals surface area contributed by atoms with Gasteiger partial charge in [-0.15, -0.1) is 0 Å². The molecular formula is C19H14BrNO.